The first-order valence-corrected chi connectivity index (χ1v) is 17.2. The number of fused-ring (bicyclic) bond motifs is 8. The van der Waals surface area contributed by atoms with Crippen LogP contribution in [0.2, 0.25) is 0 Å². The fraction of sp³-hybridized carbons (Fsp3) is 0. The summed E-state index contributed by atoms with van der Waals surface area (Å²) in [5.41, 5.74) is 9.27. The summed E-state index contributed by atoms with van der Waals surface area (Å²) in [5.74, 6) is 0. The maximum Gasteiger partial charge on any atom is 0.0562 e. The van der Waals surface area contributed by atoms with Gasteiger partial charge in [-0.2, -0.15) is 0 Å². The molecule has 0 N–H and O–H groups in total. The molecule has 0 atom stereocenters. The monoisotopic (exact) mass is 636 g/mol. The Morgan fingerprint density at radius 3 is 1.80 bits per heavy atom. The van der Waals surface area contributed by atoms with Crippen LogP contribution in [0, 0.1) is 0 Å². The zero-order valence-electron chi connectivity index (χ0n) is 27.4. The minimum absolute atomic E-state index is 1.12. The van der Waals surface area contributed by atoms with Gasteiger partial charge in [-0.05, 0) is 86.4 Å². The van der Waals surface area contributed by atoms with Crippen LogP contribution in [0.5, 0.6) is 0 Å². The topological polar surface area (TPSA) is 8.17 Å². The molecule has 9 aromatic carbocycles. The Labute approximate surface area is 290 Å². The lowest BCUT2D eigenvalue weighted by Crippen LogP contribution is -2.11. The quantitative estimate of drug-likeness (QED) is 0.171. The molecule has 10 rings (SSSR count). The van der Waals surface area contributed by atoms with Gasteiger partial charge in [-0.25, -0.2) is 0 Å². The van der Waals surface area contributed by atoms with Crippen molar-refractivity contribution in [2.45, 2.75) is 0 Å². The second kappa shape index (κ2) is 11.5. The van der Waals surface area contributed by atoms with Gasteiger partial charge in [0.15, 0.2) is 0 Å². The Balaban J connectivity index is 1.31. The average molecular weight is 637 g/mol. The molecular weight excluding hydrogens is 605 g/mol. The van der Waals surface area contributed by atoms with E-state index >= 15 is 0 Å². The summed E-state index contributed by atoms with van der Waals surface area (Å²) in [6.07, 6.45) is 0. The van der Waals surface area contributed by atoms with Crippen molar-refractivity contribution in [3.63, 3.8) is 0 Å². The van der Waals surface area contributed by atoms with E-state index in [0.717, 1.165) is 22.7 Å². The number of para-hydroxylation sites is 3. The Morgan fingerprint density at radius 1 is 0.360 bits per heavy atom. The maximum absolute atomic E-state index is 2.48. The Bertz CT molecular complexity index is 2870. The number of nitrogens with zero attached hydrogens (tertiary/aromatic N) is 2. The zero-order valence-corrected chi connectivity index (χ0v) is 27.4. The van der Waals surface area contributed by atoms with Crippen molar-refractivity contribution in [3.8, 4) is 16.8 Å². The minimum atomic E-state index is 1.12. The van der Waals surface area contributed by atoms with E-state index in [0.29, 0.717) is 0 Å². The lowest BCUT2D eigenvalue weighted by molar-refractivity contribution is 1.18. The molecule has 0 aliphatic heterocycles. The highest BCUT2D eigenvalue weighted by molar-refractivity contribution is 6.19. The fourth-order valence-corrected chi connectivity index (χ4v) is 7.93. The summed E-state index contributed by atoms with van der Waals surface area (Å²) >= 11 is 0. The van der Waals surface area contributed by atoms with Crippen LogP contribution in [-0.2, 0) is 0 Å². The second-order valence-corrected chi connectivity index (χ2v) is 12.9. The number of benzene rings is 9. The Kier molecular flexibility index (Phi) is 6.53. The molecule has 0 saturated heterocycles. The number of anilines is 3. The lowest BCUT2D eigenvalue weighted by atomic mass is 9.96. The molecule has 0 aliphatic carbocycles. The van der Waals surface area contributed by atoms with E-state index < -0.39 is 0 Å². The van der Waals surface area contributed by atoms with Crippen molar-refractivity contribution < 1.29 is 0 Å². The normalized spacial score (nSPS) is 11.6. The molecule has 0 amide bonds. The van der Waals surface area contributed by atoms with Gasteiger partial charge in [-0.1, -0.05) is 146 Å². The highest BCUT2D eigenvalue weighted by Gasteiger charge is 2.23. The number of hydrogen-bond donors (Lipinski definition) is 0. The third kappa shape index (κ3) is 4.43. The minimum Gasteiger partial charge on any atom is -0.309 e. The van der Waals surface area contributed by atoms with Gasteiger partial charge < -0.3 is 9.47 Å². The highest BCUT2D eigenvalue weighted by Crippen LogP contribution is 2.47. The van der Waals surface area contributed by atoms with Gasteiger partial charge in [0, 0.05) is 27.7 Å². The fourth-order valence-electron chi connectivity index (χ4n) is 7.93. The van der Waals surface area contributed by atoms with Crippen LogP contribution >= 0.6 is 0 Å². The molecule has 234 valence electrons. The van der Waals surface area contributed by atoms with Gasteiger partial charge in [-0.15, -0.1) is 0 Å². The van der Waals surface area contributed by atoms with Crippen molar-refractivity contribution in [2.24, 2.45) is 0 Å². The average Bonchev–Trinajstić information content (AvgIpc) is 3.54. The maximum atomic E-state index is 2.48. The molecular formula is C48H32N2. The van der Waals surface area contributed by atoms with Crippen molar-refractivity contribution in [2.75, 3.05) is 4.90 Å². The zero-order chi connectivity index (χ0) is 33.0. The van der Waals surface area contributed by atoms with Crippen LogP contribution < -0.4 is 4.90 Å². The Morgan fingerprint density at radius 2 is 0.960 bits per heavy atom. The van der Waals surface area contributed by atoms with Gasteiger partial charge in [0.2, 0.25) is 0 Å². The van der Waals surface area contributed by atoms with E-state index in [-0.39, 0.29) is 0 Å². The van der Waals surface area contributed by atoms with Crippen LogP contribution in [0.15, 0.2) is 194 Å². The molecule has 2 nitrogen and oxygen atoms in total. The molecule has 0 fully saturated rings. The van der Waals surface area contributed by atoms with Crippen LogP contribution in [0.1, 0.15) is 0 Å². The first kappa shape index (κ1) is 28.4. The molecule has 1 aromatic heterocycles. The molecule has 10 aromatic rings. The van der Waals surface area contributed by atoms with Gasteiger partial charge in [-0.3, -0.25) is 0 Å². The number of aromatic nitrogens is 1. The summed E-state index contributed by atoms with van der Waals surface area (Å²) in [7, 11) is 0. The van der Waals surface area contributed by atoms with Crippen molar-refractivity contribution in [3.05, 3.63) is 194 Å². The summed E-state index contributed by atoms with van der Waals surface area (Å²) in [6, 6.07) is 70.5. The van der Waals surface area contributed by atoms with Crippen LogP contribution in [0.25, 0.3) is 70.9 Å². The van der Waals surface area contributed by atoms with Crippen molar-refractivity contribution >= 4 is 71.2 Å². The first-order valence-electron chi connectivity index (χ1n) is 17.2. The highest BCUT2D eigenvalue weighted by atomic mass is 15.2. The van der Waals surface area contributed by atoms with E-state index in [1.165, 1.54) is 65.3 Å². The second-order valence-electron chi connectivity index (χ2n) is 12.9. The number of rotatable bonds is 5. The molecule has 0 bridgehead atoms. The van der Waals surface area contributed by atoms with Gasteiger partial charge in [0.05, 0.1) is 22.4 Å². The summed E-state index contributed by atoms with van der Waals surface area (Å²) in [6.45, 7) is 0. The van der Waals surface area contributed by atoms with Crippen molar-refractivity contribution in [1.82, 2.24) is 4.57 Å². The molecule has 0 unspecified atom stereocenters. The predicted molar refractivity (Wildman–Crippen MR) is 213 cm³/mol. The summed E-state index contributed by atoms with van der Waals surface area (Å²) in [5, 5.41) is 9.99. The third-order valence-corrected chi connectivity index (χ3v) is 10.1. The molecule has 0 saturated carbocycles. The molecule has 50 heavy (non-hydrogen) atoms. The van der Waals surface area contributed by atoms with E-state index in [2.05, 4.69) is 204 Å². The van der Waals surface area contributed by atoms with Crippen LogP contribution in [0.3, 0.4) is 0 Å². The van der Waals surface area contributed by atoms with E-state index in [9.17, 15) is 0 Å². The van der Waals surface area contributed by atoms with Crippen molar-refractivity contribution in [1.29, 1.82) is 0 Å². The van der Waals surface area contributed by atoms with E-state index in [1.807, 2.05) is 0 Å². The lowest BCUT2D eigenvalue weighted by Gasteiger charge is -2.29. The molecule has 0 radical (unpaired) electrons. The van der Waals surface area contributed by atoms with Gasteiger partial charge >= 0.3 is 0 Å². The van der Waals surface area contributed by atoms with Crippen LogP contribution in [0.4, 0.5) is 17.1 Å². The third-order valence-electron chi connectivity index (χ3n) is 10.1. The predicted octanol–water partition coefficient (Wildman–Crippen LogP) is 13.4. The Hall–Kier alpha value is -6.64. The van der Waals surface area contributed by atoms with E-state index in [1.54, 1.807) is 0 Å². The summed E-state index contributed by atoms with van der Waals surface area (Å²) < 4.78 is 2.40. The molecule has 2 heteroatoms. The first-order chi connectivity index (χ1) is 24.8. The smallest absolute Gasteiger partial charge is 0.0562 e. The standard InChI is InChI=1S/C48H32N2/c1-3-14-33(15-4-1)39-20-9-11-22-44(39)50(37-29-26-35-28-30-40-38-19-8-7-16-34(38)27-31-41(40)43(35)32-37)47-25-13-24-46-48(47)42-21-10-12-23-45(42)49(46)36-17-5-2-6-18-36/h1-32H. The molecule has 1 heterocycles. The van der Waals surface area contributed by atoms with Gasteiger partial charge in [0.1, 0.15) is 0 Å². The number of hydrogen-bond acceptors (Lipinski definition) is 1. The SMILES string of the molecule is c1ccc(-c2ccccc2N(c2ccc3ccc4c5ccccc5ccc4c3c2)c2cccc3c2c2ccccc2n3-c2ccccc2)cc1. The van der Waals surface area contributed by atoms with Crippen LogP contribution in [-0.4, -0.2) is 4.57 Å². The summed E-state index contributed by atoms with van der Waals surface area (Å²) in [4.78, 5) is 2.48. The van der Waals surface area contributed by atoms with Gasteiger partial charge in [0.25, 0.3) is 0 Å². The molecule has 0 aliphatic rings. The van der Waals surface area contributed by atoms with E-state index in [4.69, 9.17) is 0 Å². The molecule has 0 spiro atoms. The largest absolute Gasteiger partial charge is 0.309 e.